The Kier molecular flexibility index (Phi) is 8.72. The van der Waals surface area contributed by atoms with Crippen molar-refractivity contribution in [2.24, 2.45) is 5.73 Å². The molecule has 11 nitrogen and oxygen atoms in total. The Balaban J connectivity index is 0.000000277. The number of carbonyl (C=O) groups is 2. The van der Waals surface area contributed by atoms with Gasteiger partial charge in [-0.25, -0.2) is 0 Å². The Morgan fingerprint density at radius 1 is 1.07 bits per heavy atom. The molecule has 1 fully saturated rings. The fraction of sp³-hybridized carbons (Fsp3) is 0.500. The Hall–Kier alpha value is -2.12. The SMILES string of the molecule is Nc1ccccc1C(=O)C[C@H](N)C(=O)O.OC[C@H]1OC(O)[C@H](O)[C@@H](O)[C@@H]1O. The van der Waals surface area contributed by atoms with Gasteiger partial charge in [0.1, 0.15) is 30.5 Å². The van der Waals surface area contributed by atoms with E-state index in [0.717, 1.165) is 0 Å². The van der Waals surface area contributed by atoms with E-state index < -0.39 is 49.3 Å². The number of carboxylic acid groups (broad SMARTS) is 1. The number of aliphatic hydroxyl groups excluding tert-OH is 5. The van der Waals surface area contributed by atoms with Gasteiger partial charge in [-0.15, -0.1) is 0 Å². The largest absolute Gasteiger partial charge is 0.480 e. The number of nitrogen functional groups attached to an aromatic ring is 1. The first-order valence-corrected chi connectivity index (χ1v) is 7.94. The Morgan fingerprint density at radius 2 is 1.67 bits per heavy atom. The van der Waals surface area contributed by atoms with E-state index in [1.807, 2.05) is 0 Å². The van der Waals surface area contributed by atoms with E-state index in [0.29, 0.717) is 11.3 Å². The second-order valence-electron chi connectivity index (χ2n) is 5.88. The van der Waals surface area contributed by atoms with Crippen molar-refractivity contribution in [3.8, 4) is 0 Å². The molecule has 0 spiro atoms. The number of rotatable bonds is 5. The van der Waals surface area contributed by atoms with Gasteiger partial charge in [-0.3, -0.25) is 9.59 Å². The first-order chi connectivity index (χ1) is 12.6. The van der Waals surface area contributed by atoms with E-state index in [4.69, 9.17) is 42.1 Å². The van der Waals surface area contributed by atoms with E-state index in [-0.39, 0.29) is 12.2 Å². The number of hydrogen-bond donors (Lipinski definition) is 8. The normalized spacial score (nSPS) is 28.6. The molecule has 1 unspecified atom stereocenters. The molecule has 27 heavy (non-hydrogen) atoms. The molecule has 1 aliphatic rings. The number of anilines is 1. The van der Waals surface area contributed by atoms with Crippen molar-refractivity contribution < 1.29 is 45.0 Å². The predicted molar refractivity (Wildman–Crippen MR) is 91.4 cm³/mol. The van der Waals surface area contributed by atoms with Crippen LogP contribution in [0.25, 0.3) is 0 Å². The molecule has 1 aliphatic heterocycles. The van der Waals surface area contributed by atoms with Crippen LogP contribution in [0.5, 0.6) is 0 Å². The monoisotopic (exact) mass is 388 g/mol. The molecule has 1 saturated heterocycles. The van der Waals surface area contributed by atoms with Crippen molar-refractivity contribution in [2.75, 3.05) is 12.3 Å². The summed E-state index contributed by atoms with van der Waals surface area (Å²) >= 11 is 0. The van der Waals surface area contributed by atoms with Gasteiger partial charge in [-0.2, -0.15) is 0 Å². The summed E-state index contributed by atoms with van der Waals surface area (Å²) in [5.41, 5.74) is 11.5. The minimum Gasteiger partial charge on any atom is -0.480 e. The van der Waals surface area contributed by atoms with Gasteiger partial charge < -0.3 is 46.8 Å². The maximum Gasteiger partial charge on any atom is 0.320 e. The number of hydrogen-bond acceptors (Lipinski definition) is 10. The van der Waals surface area contributed by atoms with E-state index in [1.54, 1.807) is 24.3 Å². The number of ketones is 1. The van der Waals surface area contributed by atoms with E-state index >= 15 is 0 Å². The molecule has 1 aromatic carbocycles. The standard InChI is InChI=1S/C10H12N2O3.C6H12O6/c11-7-4-2-1-3-6(7)9(13)5-8(12)10(14)15;7-1-2-3(8)4(9)5(10)6(11)12-2/h1-4,8H,5,11-12H2,(H,14,15);2-11H,1H2/t8-;2-,3-,4+,5-,6?/m01/s1. The highest BCUT2D eigenvalue weighted by molar-refractivity contribution is 6.02. The average molecular weight is 388 g/mol. The van der Waals surface area contributed by atoms with Gasteiger partial charge in [0.15, 0.2) is 12.1 Å². The fourth-order valence-electron chi connectivity index (χ4n) is 2.23. The van der Waals surface area contributed by atoms with Crippen molar-refractivity contribution in [1.29, 1.82) is 0 Å². The summed E-state index contributed by atoms with van der Waals surface area (Å²) < 4.78 is 4.58. The van der Waals surface area contributed by atoms with Crippen LogP contribution in [-0.2, 0) is 9.53 Å². The quantitative estimate of drug-likeness (QED) is 0.188. The van der Waals surface area contributed by atoms with Crippen LogP contribution in [0.15, 0.2) is 24.3 Å². The number of Topliss-reactive ketones (excluding diaryl/α,β-unsaturated/α-hetero) is 1. The minimum absolute atomic E-state index is 0.246. The molecule has 0 radical (unpaired) electrons. The molecule has 0 bridgehead atoms. The lowest BCUT2D eigenvalue weighted by Gasteiger charge is -2.37. The van der Waals surface area contributed by atoms with Crippen LogP contribution in [0.2, 0.25) is 0 Å². The van der Waals surface area contributed by atoms with Crippen molar-refractivity contribution >= 4 is 17.4 Å². The van der Waals surface area contributed by atoms with Gasteiger partial charge in [0.25, 0.3) is 0 Å². The van der Waals surface area contributed by atoms with E-state index in [9.17, 15) is 9.59 Å². The number of para-hydroxylation sites is 1. The van der Waals surface area contributed by atoms with Gasteiger partial charge in [0, 0.05) is 17.7 Å². The third-order valence-electron chi connectivity index (χ3n) is 3.85. The number of nitrogens with two attached hydrogens (primary N) is 2. The molecule has 10 N–H and O–H groups in total. The zero-order valence-electron chi connectivity index (χ0n) is 14.3. The van der Waals surface area contributed by atoms with Crippen LogP contribution >= 0.6 is 0 Å². The third kappa shape index (κ3) is 6.22. The predicted octanol–water partition coefficient (Wildman–Crippen LogP) is -2.97. The molecule has 0 aliphatic carbocycles. The summed E-state index contributed by atoms with van der Waals surface area (Å²) in [6.45, 7) is -0.526. The number of aliphatic hydroxyl groups is 5. The van der Waals surface area contributed by atoms with Crippen molar-refractivity contribution in [1.82, 2.24) is 0 Å². The van der Waals surface area contributed by atoms with Crippen LogP contribution in [-0.4, -0.2) is 85.7 Å². The van der Waals surface area contributed by atoms with Gasteiger partial charge in [0.2, 0.25) is 0 Å². The highest BCUT2D eigenvalue weighted by Crippen LogP contribution is 2.19. The first kappa shape index (κ1) is 22.9. The maximum absolute atomic E-state index is 11.6. The second kappa shape index (κ2) is 10.3. The molecule has 152 valence electrons. The second-order valence-corrected chi connectivity index (χ2v) is 5.88. The van der Waals surface area contributed by atoms with Crippen LogP contribution in [0.3, 0.4) is 0 Å². The van der Waals surface area contributed by atoms with E-state index in [1.165, 1.54) is 0 Å². The summed E-state index contributed by atoms with van der Waals surface area (Å²) in [7, 11) is 0. The van der Waals surface area contributed by atoms with Crippen molar-refractivity contribution in [2.45, 2.75) is 43.2 Å². The molecule has 0 amide bonds. The average Bonchev–Trinajstić information content (AvgIpc) is 2.63. The number of carbonyl (C=O) groups excluding carboxylic acids is 1. The molecule has 1 heterocycles. The lowest BCUT2D eigenvalue weighted by molar-refractivity contribution is -0.286. The highest BCUT2D eigenvalue weighted by Gasteiger charge is 2.42. The van der Waals surface area contributed by atoms with Crippen LogP contribution in [0.4, 0.5) is 5.69 Å². The van der Waals surface area contributed by atoms with E-state index in [2.05, 4.69) is 4.74 Å². The number of benzene rings is 1. The maximum atomic E-state index is 11.6. The molecule has 1 aromatic rings. The molecule has 0 saturated carbocycles. The molecular formula is C16H24N2O9. The zero-order valence-corrected chi connectivity index (χ0v) is 14.3. The molecule has 6 atom stereocenters. The van der Waals surface area contributed by atoms with Crippen LogP contribution < -0.4 is 11.5 Å². The third-order valence-corrected chi connectivity index (χ3v) is 3.85. The molecule has 0 aromatic heterocycles. The lowest BCUT2D eigenvalue weighted by Crippen LogP contribution is -2.58. The Labute approximate surface area is 154 Å². The summed E-state index contributed by atoms with van der Waals surface area (Å²) in [4.78, 5) is 22.0. The minimum atomic E-state index is -1.57. The first-order valence-electron chi connectivity index (χ1n) is 7.94. The lowest BCUT2D eigenvalue weighted by atomic mass is 10.00. The summed E-state index contributed by atoms with van der Waals surface area (Å²) in [5.74, 6) is -1.55. The van der Waals surface area contributed by atoms with Crippen LogP contribution in [0, 0.1) is 0 Å². The summed E-state index contributed by atoms with van der Waals surface area (Å²) in [5, 5.41) is 53.2. The van der Waals surface area contributed by atoms with Crippen molar-refractivity contribution in [3.05, 3.63) is 29.8 Å². The van der Waals surface area contributed by atoms with Gasteiger partial charge in [0.05, 0.1) is 6.61 Å². The molecule has 2 rings (SSSR count). The Morgan fingerprint density at radius 3 is 2.19 bits per heavy atom. The molecular weight excluding hydrogens is 364 g/mol. The smallest absolute Gasteiger partial charge is 0.320 e. The highest BCUT2D eigenvalue weighted by atomic mass is 16.6. The van der Waals surface area contributed by atoms with Gasteiger partial charge >= 0.3 is 5.97 Å². The van der Waals surface area contributed by atoms with Crippen LogP contribution in [0.1, 0.15) is 16.8 Å². The van der Waals surface area contributed by atoms with Gasteiger partial charge in [-0.05, 0) is 12.1 Å². The molecule has 11 heteroatoms. The fourth-order valence-corrected chi connectivity index (χ4v) is 2.23. The van der Waals surface area contributed by atoms with Crippen molar-refractivity contribution in [3.63, 3.8) is 0 Å². The number of carboxylic acids is 1. The zero-order chi connectivity index (χ0) is 20.7. The number of aliphatic carboxylic acids is 1. The van der Waals surface area contributed by atoms with Gasteiger partial charge in [-0.1, -0.05) is 12.1 Å². The number of ether oxygens (including phenoxy) is 1. The Bertz CT molecular complexity index is 637. The summed E-state index contributed by atoms with van der Waals surface area (Å²) in [6, 6.07) is 5.31. The topological polar surface area (TPSA) is 217 Å². The summed E-state index contributed by atoms with van der Waals surface area (Å²) in [6.07, 6.45) is -7.29.